The number of hydrogen-bond donors (Lipinski definition) is 0. The largest absolute Gasteiger partial charge is 0.374 e. The van der Waals surface area contributed by atoms with Gasteiger partial charge in [-0.05, 0) is 12.5 Å². The third-order valence-corrected chi connectivity index (χ3v) is 6.54. The molecule has 0 aromatic heterocycles. The van der Waals surface area contributed by atoms with Gasteiger partial charge in [0.2, 0.25) is 0 Å². The third kappa shape index (κ3) is 3.44. The van der Waals surface area contributed by atoms with Crippen LogP contribution in [0, 0.1) is 6.92 Å². The van der Waals surface area contributed by atoms with Gasteiger partial charge in [0.25, 0.3) is 10.2 Å². The van der Waals surface area contributed by atoms with Crippen LogP contribution in [0.2, 0.25) is 0 Å². The Morgan fingerprint density at radius 3 is 2.78 bits per heavy atom. The predicted octanol–water partition coefficient (Wildman–Crippen LogP) is 0.686. The minimum absolute atomic E-state index is 0.0386. The highest BCUT2D eigenvalue weighted by Crippen LogP contribution is 2.27. The van der Waals surface area contributed by atoms with Crippen LogP contribution in [0.5, 0.6) is 0 Å². The molecule has 0 bridgehead atoms. The molecule has 2 aliphatic heterocycles. The number of nitrogens with zero attached hydrogens (tertiary/aromatic N) is 3. The molecule has 0 saturated carbocycles. The summed E-state index contributed by atoms with van der Waals surface area (Å²) in [5, 5.41) is 0. The average Bonchev–Trinajstić information content (AvgIpc) is 2.88. The summed E-state index contributed by atoms with van der Waals surface area (Å²) in [4.78, 5) is 2.29. The predicted molar refractivity (Wildman–Crippen MR) is 89.3 cm³/mol. The summed E-state index contributed by atoms with van der Waals surface area (Å²) in [6.45, 7) is 5.30. The maximum Gasteiger partial charge on any atom is 0.281 e. The molecule has 1 aromatic carbocycles. The Morgan fingerprint density at radius 1 is 1.30 bits per heavy atom. The van der Waals surface area contributed by atoms with Crippen LogP contribution in [0.3, 0.4) is 0 Å². The zero-order valence-electron chi connectivity index (χ0n) is 14.0. The van der Waals surface area contributed by atoms with Crippen molar-refractivity contribution in [2.24, 2.45) is 0 Å². The quantitative estimate of drug-likeness (QED) is 0.810. The summed E-state index contributed by atoms with van der Waals surface area (Å²) in [6.07, 6.45) is -0.0386. The Bertz CT molecular complexity index is 662. The van der Waals surface area contributed by atoms with E-state index in [2.05, 4.69) is 36.1 Å². The Morgan fingerprint density at radius 2 is 2.09 bits per heavy atom. The summed E-state index contributed by atoms with van der Waals surface area (Å²) >= 11 is 0. The zero-order chi connectivity index (χ0) is 16.6. The summed E-state index contributed by atoms with van der Waals surface area (Å²) in [5.74, 6) is 0. The molecule has 2 fully saturated rings. The minimum atomic E-state index is -3.40. The highest BCUT2D eigenvalue weighted by atomic mass is 32.2. The molecule has 0 radical (unpaired) electrons. The molecule has 1 aromatic rings. The lowest BCUT2D eigenvalue weighted by Crippen LogP contribution is -2.55. The van der Waals surface area contributed by atoms with Crippen molar-refractivity contribution < 1.29 is 13.2 Å². The van der Waals surface area contributed by atoms with Gasteiger partial charge >= 0.3 is 0 Å². The van der Waals surface area contributed by atoms with Crippen LogP contribution >= 0.6 is 0 Å². The van der Waals surface area contributed by atoms with Gasteiger partial charge in [-0.3, -0.25) is 4.90 Å². The van der Waals surface area contributed by atoms with Crippen LogP contribution in [0.15, 0.2) is 24.3 Å². The van der Waals surface area contributed by atoms with E-state index in [4.69, 9.17) is 4.74 Å². The fourth-order valence-corrected chi connectivity index (χ4v) is 4.70. The van der Waals surface area contributed by atoms with E-state index in [1.165, 1.54) is 15.4 Å². The monoisotopic (exact) mass is 339 g/mol. The number of hydrogen-bond acceptors (Lipinski definition) is 4. The number of likely N-dealkylation sites (tertiary alicyclic amines) is 1. The van der Waals surface area contributed by atoms with Crippen LogP contribution in [0.25, 0.3) is 0 Å². The first-order chi connectivity index (χ1) is 10.9. The molecule has 2 atom stereocenters. The van der Waals surface area contributed by atoms with Gasteiger partial charge in [0, 0.05) is 40.3 Å². The second-order valence-corrected chi connectivity index (χ2v) is 8.66. The number of morpholine rings is 1. The van der Waals surface area contributed by atoms with Crippen molar-refractivity contribution >= 4 is 10.2 Å². The topological polar surface area (TPSA) is 53.1 Å². The van der Waals surface area contributed by atoms with E-state index in [1.54, 1.807) is 18.4 Å². The molecule has 2 saturated heterocycles. The SMILES string of the molecule is Cc1cccc(CN2C[C@H]3OCCN(S(=O)(=O)N(C)C)[C@H]3C2)c1. The van der Waals surface area contributed by atoms with Gasteiger partial charge in [-0.2, -0.15) is 17.0 Å². The van der Waals surface area contributed by atoms with Gasteiger partial charge in [0.05, 0.1) is 18.8 Å². The maximum atomic E-state index is 12.5. The summed E-state index contributed by atoms with van der Waals surface area (Å²) in [5.41, 5.74) is 2.50. The van der Waals surface area contributed by atoms with Crippen LogP contribution in [-0.4, -0.2) is 74.4 Å². The molecule has 0 amide bonds. The number of benzene rings is 1. The van der Waals surface area contributed by atoms with E-state index in [-0.39, 0.29) is 12.1 Å². The molecule has 3 rings (SSSR count). The van der Waals surface area contributed by atoms with Crippen molar-refractivity contribution in [2.45, 2.75) is 25.6 Å². The van der Waals surface area contributed by atoms with Crippen molar-refractivity contribution in [1.82, 2.24) is 13.5 Å². The number of fused-ring (bicyclic) bond motifs is 1. The zero-order valence-corrected chi connectivity index (χ0v) is 14.8. The van der Waals surface area contributed by atoms with E-state index in [0.29, 0.717) is 19.7 Å². The second-order valence-electron chi connectivity index (χ2n) is 6.56. The van der Waals surface area contributed by atoms with Crippen LogP contribution in [-0.2, 0) is 21.5 Å². The van der Waals surface area contributed by atoms with E-state index < -0.39 is 10.2 Å². The van der Waals surface area contributed by atoms with Gasteiger partial charge in [0.1, 0.15) is 0 Å². The normalized spacial score (nSPS) is 26.6. The van der Waals surface area contributed by atoms with Gasteiger partial charge < -0.3 is 4.74 Å². The maximum absolute atomic E-state index is 12.5. The van der Waals surface area contributed by atoms with E-state index in [9.17, 15) is 8.42 Å². The average molecular weight is 339 g/mol. The minimum Gasteiger partial charge on any atom is -0.374 e. The molecule has 2 heterocycles. The lowest BCUT2D eigenvalue weighted by Gasteiger charge is -2.37. The number of rotatable bonds is 4. The highest BCUT2D eigenvalue weighted by molar-refractivity contribution is 7.86. The summed E-state index contributed by atoms with van der Waals surface area (Å²) in [7, 11) is -0.232. The lowest BCUT2D eigenvalue weighted by atomic mass is 10.1. The van der Waals surface area contributed by atoms with E-state index >= 15 is 0 Å². The standard InChI is InChI=1S/C16H25N3O3S/c1-13-5-4-6-14(9-13)10-18-11-15-16(12-18)22-8-7-19(15)23(20,21)17(2)3/h4-6,9,15-16H,7-8,10-12H2,1-3H3/t15-,16+/m0/s1. The number of ether oxygens (including phenoxy) is 1. The van der Waals surface area contributed by atoms with Crippen molar-refractivity contribution in [3.05, 3.63) is 35.4 Å². The van der Waals surface area contributed by atoms with Crippen molar-refractivity contribution in [1.29, 1.82) is 0 Å². The van der Waals surface area contributed by atoms with Crippen molar-refractivity contribution in [3.8, 4) is 0 Å². The Hall–Kier alpha value is -0.990. The summed E-state index contributed by atoms with van der Waals surface area (Å²) < 4.78 is 33.8. The number of aryl methyl sites for hydroxylation is 1. The Kier molecular flexibility index (Phi) is 4.75. The molecular formula is C16H25N3O3S. The third-order valence-electron chi connectivity index (χ3n) is 4.57. The lowest BCUT2D eigenvalue weighted by molar-refractivity contribution is -0.0176. The van der Waals surface area contributed by atoms with Crippen LogP contribution in [0.1, 0.15) is 11.1 Å². The molecule has 0 unspecified atom stereocenters. The van der Waals surface area contributed by atoms with Gasteiger partial charge in [0.15, 0.2) is 0 Å². The first kappa shape index (κ1) is 16.9. The molecule has 0 spiro atoms. The van der Waals surface area contributed by atoms with Gasteiger partial charge in [-0.25, -0.2) is 0 Å². The van der Waals surface area contributed by atoms with Crippen LogP contribution in [0.4, 0.5) is 0 Å². The Labute approximate surface area is 138 Å². The highest BCUT2D eigenvalue weighted by Gasteiger charge is 2.45. The molecular weight excluding hydrogens is 314 g/mol. The molecule has 128 valence electrons. The fourth-order valence-electron chi connectivity index (χ4n) is 3.43. The molecule has 0 aliphatic carbocycles. The molecule has 2 aliphatic rings. The first-order valence-corrected chi connectivity index (χ1v) is 9.36. The summed E-state index contributed by atoms with van der Waals surface area (Å²) in [6, 6.07) is 8.34. The van der Waals surface area contributed by atoms with Crippen LogP contribution < -0.4 is 0 Å². The molecule has 23 heavy (non-hydrogen) atoms. The smallest absolute Gasteiger partial charge is 0.281 e. The van der Waals surface area contributed by atoms with E-state index in [0.717, 1.165) is 13.1 Å². The molecule has 6 nitrogen and oxygen atoms in total. The van der Waals surface area contributed by atoms with Crippen molar-refractivity contribution in [2.75, 3.05) is 40.3 Å². The van der Waals surface area contributed by atoms with Crippen molar-refractivity contribution in [3.63, 3.8) is 0 Å². The fraction of sp³-hybridized carbons (Fsp3) is 0.625. The van der Waals surface area contributed by atoms with Gasteiger partial charge in [-0.1, -0.05) is 29.8 Å². The van der Waals surface area contributed by atoms with Gasteiger partial charge in [-0.15, -0.1) is 0 Å². The second kappa shape index (κ2) is 6.49. The van der Waals surface area contributed by atoms with E-state index in [1.807, 2.05) is 0 Å². The molecule has 0 N–H and O–H groups in total. The Balaban J connectivity index is 1.73. The molecule has 7 heteroatoms. The first-order valence-electron chi connectivity index (χ1n) is 7.97.